The van der Waals surface area contributed by atoms with Gasteiger partial charge in [0, 0.05) is 28.3 Å². The number of rotatable bonds is 3. The van der Waals surface area contributed by atoms with Crippen LogP contribution in [0, 0.1) is 6.92 Å². The van der Waals surface area contributed by atoms with Crippen LogP contribution in [0.5, 0.6) is 0 Å². The van der Waals surface area contributed by atoms with Gasteiger partial charge in [0.2, 0.25) is 0 Å². The van der Waals surface area contributed by atoms with Gasteiger partial charge in [0.1, 0.15) is 16.7 Å². The molecule has 3 N–H and O–H groups in total. The van der Waals surface area contributed by atoms with Gasteiger partial charge in [-0.3, -0.25) is 4.98 Å². The average Bonchev–Trinajstić information content (AvgIpc) is 2.41. The maximum Gasteiger partial charge on any atom is 0.147 e. The first-order valence-electron chi connectivity index (χ1n) is 6.35. The van der Waals surface area contributed by atoms with E-state index in [1.807, 2.05) is 19.1 Å². The molecule has 2 aromatic heterocycles. The number of pyridine rings is 1. The molecule has 6 heteroatoms. The molecule has 5 nitrogen and oxygen atoms in total. The Bertz CT molecular complexity index is 593. The van der Waals surface area contributed by atoms with E-state index in [0.29, 0.717) is 5.82 Å². The molecule has 106 valence electrons. The molecule has 2 rings (SSSR count). The molecule has 0 fully saturated rings. The molecule has 0 bridgehead atoms. The third-order valence-electron chi connectivity index (χ3n) is 2.77. The molecule has 20 heavy (non-hydrogen) atoms. The molecular weight excluding hydrogens is 270 g/mol. The molecule has 0 unspecified atom stereocenters. The molecule has 0 spiro atoms. The number of nitrogens with zero attached hydrogens (tertiary/aromatic N) is 3. The molecule has 2 aromatic rings. The van der Waals surface area contributed by atoms with E-state index in [2.05, 4.69) is 41.1 Å². The predicted octanol–water partition coefficient (Wildman–Crippen LogP) is 2.91. The van der Waals surface area contributed by atoms with Crippen LogP contribution >= 0.6 is 11.8 Å². The first-order chi connectivity index (χ1) is 9.41. The van der Waals surface area contributed by atoms with Crippen molar-refractivity contribution < 1.29 is 0 Å². The third-order valence-corrected chi connectivity index (χ3v) is 3.87. The molecule has 0 amide bonds. The first kappa shape index (κ1) is 14.7. The van der Waals surface area contributed by atoms with Crippen molar-refractivity contribution in [3.8, 4) is 0 Å². The van der Waals surface area contributed by atoms with Crippen LogP contribution in [0.2, 0.25) is 0 Å². The number of aromatic nitrogens is 3. The van der Waals surface area contributed by atoms with Gasteiger partial charge in [0.05, 0.1) is 0 Å². The minimum atomic E-state index is -0.132. The minimum absolute atomic E-state index is 0.132. The van der Waals surface area contributed by atoms with E-state index in [0.717, 1.165) is 21.3 Å². The van der Waals surface area contributed by atoms with Gasteiger partial charge in [-0.1, -0.05) is 32.5 Å². The summed E-state index contributed by atoms with van der Waals surface area (Å²) in [5, 5.41) is 0.907. The third kappa shape index (κ3) is 3.26. The molecule has 0 saturated heterocycles. The maximum atomic E-state index is 5.57. The van der Waals surface area contributed by atoms with E-state index >= 15 is 0 Å². The van der Waals surface area contributed by atoms with Crippen LogP contribution in [0.1, 0.15) is 32.2 Å². The molecule has 0 radical (unpaired) electrons. The Morgan fingerprint density at radius 3 is 2.35 bits per heavy atom. The van der Waals surface area contributed by atoms with Gasteiger partial charge in [-0.2, -0.15) is 0 Å². The second kappa shape index (κ2) is 5.76. The second-order valence-corrected chi connectivity index (χ2v) is 6.57. The predicted molar refractivity (Wildman–Crippen MR) is 81.6 cm³/mol. The van der Waals surface area contributed by atoms with Crippen molar-refractivity contribution in [1.82, 2.24) is 15.0 Å². The van der Waals surface area contributed by atoms with E-state index in [1.165, 1.54) is 0 Å². The highest BCUT2D eigenvalue weighted by Gasteiger charge is 2.21. The fourth-order valence-corrected chi connectivity index (χ4v) is 2.45. The summed E-state index contributed by atoms with van der Waals surface area (Å²) in [6.07, 6.45) is 3.54. The summed E-state index contributed by atoms with van der Waals surface area (Å²) in [7, 11) is 0. The van der Waals surface area contributed by atoms with Crippen LogP contribution in [0.15, 0.2) is 34.4 Å². The van der Waals surface area contributed by atoms with E-state index in [4.69, 9.17) is 5.84 Å². The van der Waals surface area contributed by atoms with Gasteiger partial charge in [-0.15, -0.1) is 0 Å². The zero-order valence-corrected chi connectivity index (χ0v) is 13.0. The summed E-state index contributed by atoms with van der Waals surface area (Å²) < 4.78 is 0. The summed E-state index contributed by atoms with van der Waals surface area (Å²) >= 11 is 1.59. The Morgan fingerprint density at radius 1 is 1.15 bits per heavy atom. The van der Waals surface area contributed by atoms with Crippen molar-refractivity contribution in [2.45, 2.75) is 43.0 Å². The first-order valence-corrected chi connectivity index (χ1v) is 7.17. The number of anilines is 1. The van der Waals surface area contributed by atoms with Crippen molar-refractivity contribution in [2.24, 2.45) is 5.84 Å². The molecule has 0 atom stereocenters. The molecule has 2 heterocycles. The summed E-state index contributed by atoms with van der Waals surface area (Å²) in [4.78, 5) is 14.3. The van der Waals surface area contributed by atoms with Crippen molar-refractivity contribution in [3.63, 3.8) is 0 Å². The van der Waals surface area contributed by atoms with Crippen molar-refractivity contribution in [1.29, 1.82) is 0 Å². The normalized spacial score (nSPS) is 11.4. The highest BCUT2D eigenvalue weighted by atomic mass is 32.2. The number of nitrogens with two attached hydrogens (primary N) is 1. The Balaban J connectivity index is 2.46. The highest BCUT2D eigenvalue weighted by molar-refractivity contribution is 7.99. The average molecular weight is 289 g/mol. The maximum absolute atomic E-state index is 5.57. The molecule has 0 aliphatic carbocycles. The van der Waals surface area contributed by atoms with Crippen LogP contribution in [-0.4, -0.2) is 15.0 Å². The molecule has 0 aliphatic rings. The summed E-state index contributed by atoms with van der Waals surface area (Å²) in [6.45, 7) is 8.21. The van der Waals surface area contributed by atoms with Crippen LogP contribution in [-0.2, 0) is 5.41 Å². The van der Waals surface area contributed by atoms with Crippen molar-refractivity contribution in [2.75, 3.05) is 5.43 Å². The van der Waals surface area contributed by atoms with Gasteiger partial charge in [-0.05, 0) is 19.1 Å². The molecule has 0 aromatic carbocycles. The van der Waals surface area contributed by atoms with Crippen molar-refractivity contribution in [3.05, 3.63) is 35.9 Å². The lowest BCUT2D eigenvalue weighted by molar-refractivity contribution is 0.538. The number of hydrogen-bond acceptors (Lipinski definition) is 6. The topological polar surface area (TPSA) is 76.7 Å². The van der Waals surface area contributed by atoms with Crippen LogP contribution in [0.3, 0.4) is 0 Å². The number of hydrazine groups is 1. The summed E-state index contributed by atoms with van der Waals surface area (Å²) in [5.74, 6) is 7.00. The van der Waals surface area contributed by atoms with Gasteiger partial charge >= 0.3 is 0 Å². The summed E-state index contributed by atoms with van der Waals surface area (Å²) in [6, 6.07) is 3.91. The van der Waals surface area contributed by atoms with Crippen LogP contribution in [0.4, 0.5) is 5.82 Å². The van der Waals surface area contributed by atoms with Crippen molar-refractivity contribution >= 4 is 17.6 Å². The minimum Gasteiger partial charge on any atom is -0.308 e. The Morgan fingerprint density at radius 2 is 1.80 bits per heavy atom. The van der Waals surface area contributed by atoms with Crippen LogP contribution in [0.25, 0.3) is 0 Å². The Hall–Kier alpha value is -1.66. The number of hydrogen-bond donors (Lipinski definition) is 2. The highest BCUT2D eigenvalue weighted by Crippen LogP contribution is 2.32. The fraction of sp³-hybridized carbons (Fsp3) is 0.357. The lowest BCUT2D eigenvalue weighted by Gasteiger charge is -2.20. The van der Waals surface area contributed by atoms with Crippen LogP contribution < -0.4 is 11.3 Å². The van der Waals surface area contributed by atoms with Gasteiger partial charge in [0.15, 0.2) is 0 Å². The molecule has 0 aliphatic heterocycles. The fourth-order valence-electron chi connectivity index (χ4n) is 1.59. The second-order valence-electron chi connectivity index (χ2n) is 5.51. The Kier molecular flexibility index (Phi) is 4.25. The molecule has 0 saturated carbocycles. The van der Waals surface area contributed by atoms with E-state index in [9.17, 15) is 0 Å². The zero-order valence-electron chi connectivity index (χ0n) is 12.1. The SMILES string of the molecule is Cc1c(NN)nc(C(C)(C)C)nc1Sc1ccncc1. The lowest BCUT2D eigenvalue weighted by atomic mass is 9.95. The standard InChI is InChI=1S/C14H19N5S/c1-9-11(19-15)17-13(14(2,3)4)18-12(9)20-10-5-7-16-8-6-10/h5-8H,15H2,1-4H3,(H,17,18,19). The summed E-state index contributed by atoms with van der Waals surface area (Å²) in [5.41, 5.74) is 3.47. The van der Waals surface area contributed by atoms with E-state index in [1.54, 1.807) is 24.2 Å². The zero-order chi connectivity index (χ0) is 14.8. The number of nitrogens with one attached hydrogen (secondary N) is 1. The van der Waals surface area contributed by atoms with Gasteiger partial charge < -0.3 is 5.43 Å². The Labute approximate surface area is 123 Å². The van der Waals surface area contributed by atoms with E-state index < -0.39 is 0 Å². The van der Waals surface area contributed by atoms with Gasteiger partial charge in [-0.25, -0.2) is 15.8 Å². The van der Waals surface area contributed by atoms with Gasteiger partial charge in [0.25, 0.3) is 0 Å². The smallest absolute Gasteiger partial charge is 0.147 e. The monoisotopic (exact) mass is 289 g/mol. The quantitative estimate of drug-likeness (QED) is 0.514. The largest absolute Gasteiger partial charge is 0.308 e. The van der Waals surface area contributed by atoms with E-state index in [-0.39, 0.29) is 5.41 Å². The number of nitrogen functional groups attached to an aromatic ring is 1. The molecular formula is C14H19N5S. The lowest BCUT2D eigenvalue weighted by Crippen LogP contribution is -2.20.